The van der Waals surface area contributed by atoms with Gasteiger partial charge in [-0.05, 0) is 18.1 Å². The Morgan fingerprint density at radius 2 is 2.24 bits per heavy atom. The molecule has 3 N–H and O–H groups in total. The molecule has 1 unspecified atom stereocenters. The van der Waals surface area contributed by atoms with E-state index in [-0.39, 0.29) is 6.04 Å². The smallest absolute Gasteiger partial charge is 0.127 e. The number of benzene rings is 1. The zero-order valence-electron chi connectivity index (χ0n) is 9.60. The summed E-state index contributed by atoms with van der Waals surface area (Å²) in [4.78, 5) is 4.29. The number of hydrogen-bond acceptors (Lipinski definition) is 3. The molecule has 4 nitrogen and oxygen atoms in total. The van der Waals surface area contributed by atoms with Gasteiger partial charge in [-0.1, -0.05) is 29.8 Å². The number of aryl methyl sites for hydroxylation is 1. The lowest BCUT2D eigenvalue weighted by molar-refractivity contribution is 0.507. The van der Waals surface area contributed by atoms with E-state index in [1.165, 1.54) is 0 Å². The van der Waals surface area contributed by atoms with Crippen LogP contribution < -0.4 is 11.3 Å². The van der Waals surface area contributed by atoms with Gasteiger partial charge in [-0.25, -0.2) is 10.4 Å². The third kappa shape index (κ3) is 2.66. The van der Waals surface area contributed by atoms with Crippen molar-refractivity contribution in [2.24, 2.45) is 12.9 Å². The van der Waals surface area contributed by atoms with Crippen molar-refractivity contribution < 1.29 is 0 Å². The first-order valence-corrected chi connectivity index (χ1v) is 5.77. The third-order valence-electron chi connectivity index (χ3n) is 2.75. The number of hydrogen-bond donors (Lipinski definition) is 2. The lowest BCUT2D eigenvalue weighted by atomic mass is 10.1. The van der Waals surface area contributed by atoms with Crippen molar-refractivity contribution in [3.8, 4) is 0 Å². The fraction of sp³-hybridized carbons (Fsp3) is 0.250. The summed E-state index contributed by atoms with van der Waals surface area (Å²) in [5, 5.41) is 0.752. The minimum atomic E-state index is -0.0464. The molecule has 2 aromatic rings. The first kappa shape index (κ1) is 12.1. The van der Waals surface area contributed by atoms with Gasteiger partial charge in [0.05, 0.1) is 6.04 Å². The van der Waals surface area contributed by atoms with Crippen LogP contribution in [0, 0.1) is 0 Å². The largest absolute Gasteiger partial charge is 0.337 e. The van der Waals surface area contributed by atoms with E-state index >= 15 is 0 Å². The quantitative estimate of drug-likeness (QED) is 0.643. The van der Waals surface area contributed by atoms with Crippen molar-refractivity contribution in [1.82, 2.24) is 15.0 Å². The molecule has 90 valence electrons. The lowest BCUT2D eigenvalue weighted by Gasteiger charge is -2.16. The number of aromatic nitrogens is 2. The van der Waals surface area contributed by atoms with Gasteiger partial charge in [0, 0.05) is 24.5 Å². The Morgan fingerprint density at radius 3 is 2.82 bits per heavy atom. The maximum Gasteiger partial charge on any atom is 0.127 e. The monoisotopic (exact) mass is 250 g/mol. The summed E-state index contributed by atoms with van der Waals surface area (Å²) in [6.45, 7) is 0. The van der Waals surface area contributed by atoms with Gasteiger partial charge in [-0.3, -0.25) is 5.84 Å². The van der Waals surface area contributed by atoms with Gasteiger partial charge in [0.1, 0.15) is 5.82 Å². The summed E-state index contributed by atoms with van der Waals surface area (Å²) in [7, 11) is 1.94. The van der Waals surface area contributed by atoms with Crippen LogP contribution >= 0.6 is 11.6 Å². The van der Waals surface area contributed by atoms with Crippen molar-refractivity contribution in [2.75, 3.05) is 0 Å². The Kier molecular flexibility index (Phi) is 3.78. The van der Waals surface area contributed by atoms with Crippen LogP contribution in [0.15, 0.2) is 36.7 Å². The highest BCUT2D eigenvalue weighted by molar-refractivity contribution is 6.31. The molecule has 1 atom stereocenters. The maximum absolute atomic E-state index is 6.13. The molecule has 1 aromatic heterocycles. The van der Waals surface area contributed by atoms with Gasteiger partial charge < -0.3 is 4.57 Å². The van der Waals surface area contributed by atoms with Gasteiger partial charge in [0.2, 0.25) is 0 Å². The van der Waals surface area contributed by atoms with E-state index in [9.17, 15) is 0 Å². The van der Waals surface area contributed by atoms with E-state index in [1.54, 1.807) is 6.20 Å². The highest BCUT2D eigenvalue weighted by Crippen LogP contribution is 2.21. The van der Waals surface area contributed by atoms with Gasteiger partial charge in [0.15, 0.2) is 0 Å². The number of hydrazine groups is 1. The summed E-state index contributed by atoms with van der Waals surface area (Å²) in [5.74, 6) is 6.48. The summed E-state index contributed by atoms with van der Waals surface area (Å²) in [6.07, 6.45) is 4.36. The predicted molar refractivity (Wildman–Crippen MR) is 68.4 cm³/mol. The second kappa shape index (κ2) is 5.31. The summed E-state index contributed by atoms with van der Waals surface area (Å²) < 4.78 is 1.95. The molecular weight excluding hydrogens is 236 g/mol. The molecule has 5 heteroatoms. The first-order valence-electron chi connectivity index (χ1n) is 5.39. The molecule has 0 fully saturated rings. The van der Waals surface area contributed by atoms with Crippen LogP contribution in [0.2, 0.25) is 5.02 Å². The molecule has 0 radical (unpaired) electrons. The first-order chi connectivity index (χ1) is 8.22. The number of nitrogens with one attached hydrogen (secondary N) is 1. The normalized spacial score (nSPS) is 12.6. The van der Waals surface area contributed by atoms with Crippen LogP contribution in [0.25, 0.3) is 0 Å². The van der Waals surface area contributed by atoms with Crippen LogP contribution in [-0.4, -0.2) is 9.55 Å². The van der Waals surface area contributed by atoms with Gasteiger partial charge in [-0.15, -0.1) is 0 Å². The van der Waals surface area contributed by atoms with E-state index in [2.05, 4.69) is 10.4 Å². The highest BCUT2D eigenvalue weighted by atomic mass is 35.5. The van der Waals surface area contributed by atoms with Crippen molar-refractivity contribution in [1.29, 1.82) is 0 Å². The van der Waals surface area contributed by atoms with E-state index in [4.69, 9.17) is 17.4 Å². The molecule has 0 saturated carbocycles. The maximum atomic E-state index is 6.13. The van der Waals surface area contributed by atoms with Gasteiger partial charge in [0.25, 0.3) is 0 Å². The minimum absolute atomic E-state index is 0.0464. The molecule has 0 bridgehead atoms. The lowest BCUT2D eigenvalue weighted by Crippen LogP contribution is -2.31. The number of halogens is 1. The Labute approximate surface area is 105 Å². The average molecular weight is 251 g/mol. The molecule has 0 aliphatic heterocycles. The van der Waals surface area contributed by atoms with Gasteiger partial charge >= 0.3 is 0 Å². The zero-order chi connectivity index (χ0) is 12.3. The number of nitrogens with two attached hydrogens (primary N) is 1. The standard InChI is InChI=1S/C12H15ClN4/c1-17-7-6-15-12(17)11(16-14)8-9-4-2-3-5-10(9)13/h2-7,11,16H,8,14H2,1H3. The molecular formula is C12H15ClN4. The van der Waals surface area contributed by atoms with Crippen molar-refractivity contribution in [3.05, 3.63) is 53.1 Å². The molecule has 1 aromatic carbocycles. The summed E-state index contributed by atoms with van der Waals surface area (Å²) >= 11 is 6.13. The fourth-order valence-electron chi connectivity index (χ4n) is 1.82. The summed E-state index contributed by atoms with van der Waals surface area (Å²) in [6, 6.07) is 7.71. The van der Waals surface area contributed by atoms with Crippen LogP contribution in [0.1, 0.15) is 17.4 Å². The van der Waals surface area contributed by atoms with E-state index < -0.39 is 0 Å². The molecule has 0 amide bonds. The Balaban J connectivity index is 2.22. The Bertz CT molecular complexity index is 495. The van der Waals surface area contributed by atoms with Crippen LogP contribution in [0.4, 0.5) is 0 Å². The predicted octanol–water partition coefficient (Wildman–Crippen LogP) is 1.82. The van der Waals surface area contributed by atoms with E-state index in [0.29, 0.717) is 6.42 Å². The molecule has 0 saturated heterocycles. The SMILES string of the molecule is Cn1ccnc1C(Cc1ccccc1Cl)NN. The highest BCUT2D eigenvalue weighted by Gasteiger charge is 2.15. The number of nitrogens with zero attached hydrogens (tertiary/aromatic N) is 2. The Hall–Kier alpha value is -1.36. The topological polar surface area (TPSA) is 55.9 Å². The number of rotatable bonds is 4. The van der Waals surface area contributed by atoms with Crippen molar-refractivity contribution >= 4 is 11.6 Å². The van der Waals surface area contributed by atoms with Crippen molar-refractivity contribution in [3.63, 3.8) is 0 Å². The molecule has 0 aliphatic carbocycles. The van der Waals surface area contributed by atoms with Crippen LogP contribution in [0.5, 0.6) is 0 Å². The minimum Gasteiger partial charge on any atom is -0.337 e. The second-order valence-corrected chi connectivity index (χ2v) is 4.32. The van der Waals surface area contributed by atoms with Gasteiger partial charge in [-0.2, -0.15) is 0 Å². The molecule has 17 heavy (non-hydrogen) atoms. The van der Waals surface area contributed by atoms with Crippen LogP contribution in [0.3, 0.4) is 0 Å². The summed E-state index contributed by atoms with van der Waals surface area (Å²) in [5.41, 5.74) is 3.83. The number of imidazole rings is 1. The third-order valence-corrected chi connectivity index (χ3v) is 3.12. The zero-order valence-corrected chi connectivity index (χ0v) is 10.4. The molecule has 0 aliphatic rings. The molecule has 2 rings (SSSR count). The van der Waals surface area contributed by atoms with Crippen molar-refractivity contribution in [2.45, 2.75) is 12.5 Å². The molecule has 0 spiro atoms. The molecule has 1 heterocycles. The Morgan fingerprint density at radius 1 is 1.47 bits per heavy atom. The average Bonchev–Trinajstić information content (AvgIpc) is 2.75. The van der Waals surface area contributed by atoms with Crippen LogP contribution in [-0.2, 0) is 13.5 Å². The van der Waals surface area contributed by atoms with E-state index in [0.717, 1.165) is 16.4 Å². The second-order valence-electron chi connectivity index (χ2n) is 3.91. The fourth-order valence-corrected chi connectivity index (χ4v) is 2.03. The van der Waals surface area contributed by atoms with E-state index in [1.807, 2.05) is 42.1 Å².